The van der Waals surface area contributed by atoms with Crippen molar-refractivity contribution in [1.29, 1.82) is 0 Å². The summed E-state index contributed by atoms with van der Waals surface area (Å²) in [5, 5.41) is 0. The Morgan fingerprint density at radius 1 is 0.731 bits per heavy atom. The monoisotopic (exact) mass is 376 g/mol. The summed E-state index contributed by atoms with van der Waals surface area (Å²) in [5.74, 6) is -0.210. The topological polar surface area (TPSA) is 9.23 Å². The minimum atomic E-state index is -4.47. The molecule has 0 atom stereocenters. The molecule has 0 N–H and O–H groups in total. The van der Waals surface area contributed by atoms with Crippen LogP contribution in [0.1, 0.15) is 36.0 Å². The second-order valence-electron chi connectivity index (χ2n) is 5.85. The highest BCUT2D eigenvalue weighted by Crippen LogP contribution is 2.36. The van der Waals surface area contributed by atoms with Crippen LogP contribution in [-0.2, 0) is 18.8 Å². The van der Waals surface area contributed by atoms with Gasteiger partial charge in [-0.2, -0.15) is 26.3 Å². The number of hydrogen-bond donors (Lipinski definition) is 0. The summed E-state index contributed by atoms with van der Waals surface area (Å²) >= 11 is 0. The van der Waals surface area contributed by atoms with Crippen molar-refractivity contribution in [2.24, 2.45) is 0 Å². The molecule has 7 heteroatoms. The molecular formula is C19H18F6O. The lowest BCUT2D eigenvalue weighted by molar-refractivity contribution is -0.139. The quantitative estimate of drug-likeness (QED) is 0.395. The summed E-state index contributed by atoms with van der Waals surface area (Å²) in [6.07, 6.45) is -6.57. The summed E-state index contributed by atoms with van der Waals surface area (Å²) in [5.41, 5.74) is -0.908. The molecule has 2 aromatic rings. The molecule has 2 rings (SSSR count). The van der Waals surface area contributed by atoms with Gasteiger partial charge in [0.05, 0.1) is 17.7 Å². The molecule has 0 fully saturated rings. The van der Waals surface area contributed by atoms with E-state index in [9.17, 15) is 26.3 Å². The van der Waals surface area contributed by atoms with Gasteiger partial charge in [0, 0.05) is 0 Å². The van der Waals surface area contributed by atoms with Crippen molar-refractivity contribution in [3.8, 4) is 5.75 Å². The lowest BCUT2D eigenvalue weighted by atomic mass is 10.0. The maximum Gasteiger partial charge on any atom is 0.419 e. The van der Waals surface area contributed by atoms with Crippen molar-refractivity contribution in [3.05, 3.63) is 65.2 Å². The van der Waals surface area contributed by atoms with Crippen LogP contribution in [0.15, 0.2) is 48.5 Å². The smallest absolute Gasteiger partial charge is 0.419 e. The highest BCUT2D eigenvalue weighted by Gasteiger charge is 2.34. The summed E-state index contributed by atoms with van der Waals surface area (Å²) in [4.78, 5) is 0. The number of ether oxygens (including phenoxy) is 1. The Balaban J connectivity index is 1.76. The fraction of sp³-hybridized carbons (Fsp3) is 0.368. The highest BCUT2D eigenvalue weighted by molar-refractivity contribution is 5.35. The lowest BCUT2D eigenvalue weighted by Gasteiger charge is -2.13. The van der Waals surface area contributed by atoms with Crippen LogP contribution in [0.25, 0.3) is 0 Å². The molecule has 1 nitrogen and oxygen atoms in total. The first-order chi connectivity index (χ1) is 12.2. The average molecular weight is 376 g/mol. The number of alkyl halides is 6. The largest absolute Gasteiger partial charge is 0.493 e. The predicted octanol–water partition coefficient (Wildman–Crippen LogP) is 6.52. The maximum absolute atomic E-state index is 12.8. The average Bonchev–Trinajstić information content (AvgIpc) is 2.57. The summed E-state index contributed by atoms with van der Waals surface area (Å²) in [6.45, 7) is 0.121. The lowest BCUT2D eigenvalue weighted by Crippen LogP contribution is -2.09. The van der Waals surface area contributed by atoms with Crippen molar-refractivity contribution < 1.29 is 31.1 Å². The first-order valence-electron chi connectivity index (χ1n) is 8.13. The van der Waals surface area contributed by atoms with Gasteiger partial charge in [-0.15, -0.1) is 0 Å². The number of aryl methyl sites for hydroxylation is 1. The number of para-hydroxylation sites is 1. The second-order valence-corrected chi connectivity index (χ2v) is 5.85. The molecule has 0 amide bonds. The predicted molar refractivity (Wildman–Crippen MR) is 85.9 cm³/mol. The van der Waals surface area contributed by atoms with E-state index in [0.717, 1.165) is 18.2 Å². The van der Waals surface area contributed by atoms with Crippen LogP contribution in [0.4, 0.5) is 26.3 Å². The first-order valence-corrected chi connectivity index (χ1v) is 8.13. The molecule has 0 aliphatic carbocycles. The maximum atomic E-state index is 12.8. The molecule has 0 saturated heterocycles. The SMILES string of the molecule is FC(F)(F)c1cccc(CCCCCOc2ccccc2C(F)(F)F)c1. The molecule has 0 unspecified atom stereocenters. The van der Waals surface area contributed by atoms with E-state index in [-0.39, 0.29) is 12.4 Å². The zero-order valence-corrected chi connectivity index (χ0v) is 13.8. The second kappa shape index (κ2) is 8.47. The fourth-order valence-electron chi connectivity index (χ4n) is 2.52. The number of unbranched alkanes of at least 4 members (excludes halogenated alkanes) is 2. The number of halogens is 6. The standard InChI is InChI=1S/C19H18F6O/c20-18(21,22)15-9-6-8-14(13-15)7-2-1-5-12-26-17-11-4-3-10-16(17)19(23,24)25/h3-4,6,8-11,13H,1-2,5,7,12H2. The molecule has 26 heavy (non-hydrogen) atoms. The molecule has 0 saturated carbocycles. The molecule has 0 spiro atoms. The molecule has 0 aliphatic rings. The molecule has 2 aromatic carbocycles. The van der Waals surface area contributed by atoms with E-state index in [0.29, 0.717) is 31.2 Å². The van der Waals surface area contributed by atoms with Crippen molar-refractivity contribution in [2.45, 2.75) is 38.0 Å². The van der Waals surface area contributed by atoms with Crippen LogP contribution >= 0.6 is 0 Å². The van der Waals surface area contributed by atoms with Gasteiger partial charge in [-0.3, -0.25) is 0 Å². The van der Waals surface area contributed by atoms with E-state index in [1.807, 2.05) is 0 Å². The fourth-order valence-corrected chi connectivity index (χ4v) is 2.52. The van der Waals surface area contributed by atoms with Crippen molar-refractivity contribution in [3.63, 3.8) is 0 Å². The van der Waals surface area contributed by atoms with E-state index >= 15 is 0 Å². The molecule has 0 radical (unpaired) electrons. The molecule has 0 aliphatic heterocycles. The van der Waals surface area contributed by atoms with E-state index in [1.54, 1.807) is 6.07 Å². The Bertz CT molecular complexity index is 706. The highest BCUT2D eigenvalue weighted by atomic mass is 19.4. The van der Waals surface area contributed by atoms with Gasteiger partial charge in [0.2, 0.25) is 0 Å². The zero-order chi connectivity index (χ0) is 19.2. The number of benzene rings is 2. The van der Waals surface area contributed by atoms with Crippen LogP contribution < -0.4 is 4.74 Å². The summed E-state index contributed by atoms with van der Waals surface area (Å²) in [7, 11) is 0. The van der Waals surface area contributed by atoms with Gasteiger partial charge in [0.25, 0.3) is 0 Å². The Morgan fingerprint density at radius 2 is 1.46 bits per heavy atom. The van der Waals surface area contributed by atoms with Crippen molar-refractivity contribution in [1.82, 2.24) is 0 Å². The van der Waals surface area contributed by atoms with Crippen LogP contribution in [0.5, 0.6) is 5.75 Å². The normalized spacial score (nSPS) is 12.2. The Morgan fingerprint density at radius 3 is 2.15 bits per heavy atom. The molecular weight excluding hydrogens is 358 g/mol. The van der Waals surface area contributed by atoms with Gasteiger partial charge in [0.1, 0.15) is 5.75 Å². The molecule has 0 heterocycles. The van der Waals surface area contributed by atoms with Gasteiger partial charge in [-0.1, -0.05) is 30.3 Å². The van der Waals surface area contributed by atoms with E-state index in [1.165, 1.54) is 24.3 Å². The van der Waals surface area contributed by atoms with E-state index in [2.05, 4.69) is 0 Å². The van der Waals surface area contributed by atoms with Crippen LogP contribution in [-0.4, -0.2) is 6.61 Å². The summed E-state index contributed by atoms with van der Waals surface area (Å²) < 4.78 is 81.6. The van der Waals surface area contributed by atoms with Crippen molar-refractivity contribution in [2.75, 3.05) is 6.61 Å². The van der Waals surface area contributed by atoms with Crippen LogP contribution in [0.2, 0.25) is 0 Å². The third-order valence-corrected chi connectivity index (χ3v) is 3.81. The van der Waals surface area contributed by atoms with Crippen LogP contribution in [0.3, 0.4) is 0 Å². The third-order valence-electron chi connectivity index (χ3n) is 3.81. The number of hydrogen-bond acceptors (Lipinski definition) is 1. The Hall–Kier alpha value is -2.18. The van der Waals surface area contributed by atoms with Gasteiger partial charge < -0.3 is 4.74 Å². The zero-order valence-electron chi connectivity index (χ0n) is 13.8. The minimum absolute atomic E-state index is 0.121. The van der Waals surface area contributed by atoms with E-state index < -0.39 is 23.5 Å². The first kappa shape index (κ1) is 20.1. The molecule has 0 aromatic heterocycles. The van der Waals surface area contributed by atoms with Gasteiger partial charge in [-0.05, 0) is 49.4 Å². The molecule has 0 bridgehead atoms. The summed E-state index contributed by atoms with van der Waals surface area (Å²) in [6, 6.07) is 10.1. The Labute approximate surface area is 147 Å². The van der Waals surface area contributed by atoms with Gasteiger partial charge in [0.15, 0.2) is 0 Å². The van der Waals surface area contributed by atoms with E-state index in [4.69, 9.17) is 4.74 Å². The van der Waals surface area contributed by atoms with Crippen LogP contribution in [0, 0.1) is 0 Å². The van der Waals surface area contributed by atoms with Gasteiger partial charge >= 0.3 is 12.4 Å². The van der Waals surface area contributed by atoms with Gasteiger partial charge in [-0.25, -0.2) is 0 Å². The Kier molecular flexibility index (Phi) is 6.56. The van der Waals surface area contributed by atoms with Crippen molar-refractivity contribution >= 4 is 0 Å². The number of rotatable bonds is 7. The third kappa shape index (κ3) is 5.97. The minimum Gasteiger partial charge on any atom is -0.493 e. The molecule has 142 valence electrons.